The van der Waals surface area contributed by atoms with Gasteiger partial charge in [0, 0.05) is 19.1 Å². The Morgan fingerprint density at radius 1 is 0.907 bits per heavy atom. The Morgan fingerprint density at radius 3 is 2.28 bits per heavy atom. The molecule has 3 heterocycles. The van der Waals surface area contributed by atoms with E-state index in [4.69, 9.17) is 19.6 Å². The fourth-order valence-electron chi connectivity index (χ4n) is 5.87. The number of hydrogen-bond donors (Lipinski definition) is 0. The third-order valence-electron chi connectivity index (χ3n) is 7.88. The Bertz CT molecular complexity index is 1760. The number of nitrogens with zero attached hydrogens (tertiary/aromatic N) is 6. The van der Waals surface area contributed by atoms with Crippen LogP contribution in [0.3, 0.4) is 0 Å². The van der Waals surface area contributed by atoms with Gasteiger partial charge in [0.1, 0.15) is 11.7 Å². The monoisotopic (exact) mass is 608 g/mol. The highest BCUT2D eigenvalue weighted by atomic mass is 31.2. The molecular weight excluding hydrogens is 579 g/mol. The largest absolute Gasteiger partial charge is 0.418 e. The van der Waals surface area contributed by atoms with Crippen LogP contribution in [0.5, 0.6) is 0 Å². The summed E-state index contributed by atoms with van der Waals surface area (Å²) in [4.78, 5) is 5.11. The number of morpholine rings is 1. The van der Waals surface area contributed by atoms with Gasteiger partial charge in [-0.2, -0.15) is 18.3 Å². The van der Waals surface area contributed by atoms with Crippen LogP contribution in [-0.4, -0.2) is 57.3 Å². The van der Waals surface area contributed by atoms with Gasteiger partial charge in [0.25, 0.3) is 0 Å². The summed E-state index contributed by atoms with van der Waals surface area (Å²) in [6.45, 7) is 3.52. The molecule has 0 unspecified atom stereocenters. The van der Waals surface area contributed by atoms with E-state index in [-0.39, 0.29) is 17.3 Å². The normalized spacial score (nSPS) is 21.0. The lowest BCUT2D eigenvalue weighted by atomic mass is 10.2. The van der Waals surface area contributed by atoms with Crippen LogP contribution in [-0.2, 0) is 10.9 Å². The number of para-hydroxylation sites is 1. The number of alkyl halides is 3. The average molecular weight is 609 g/mol. The molecule has 2 fully saturated rings. The molecule has 1 aliphatic carbocycles. The first kappa shape index (κ1) is 28.0. The van der Waals surface area contributed by atoms with Crippen molar-refractivity contribution < 1.29 is 22.3 Å². The summed E-state index contributed by atoms with van der Waals surface area (Å²) < 4.78 is 75.9. The second-order valence-electron chi connectivity index (χ2n) is 10.7. The van der Waals surface area contributed by atoms with E-state index in [1.165, 1.54) is 18.2 Å². The van der Waals surface area contributed by atoms with E-state index in [1.807, 2.05) is 37.3 Å². The molecule has 1 saturated carbocycles. The van der Waals surface area contributed by atoms with Crippen molar-refractivity contribution in [3.63, 3.8) is 0 Å². The Morgan fingerprint density at radius 2 is 1.58 bits per heavy atom. The van der Waals surface area contributed by atoms with Gasteiger partial charge in [-0.15, -0.1) is 0 Å². The molecule has 0 bridgehead atoms. The smallest absolute Gasteiger partial charge is 0.379 e. The van der Waals surface area contributed by atoms with E-state index in [9.17, 15) is 13.2 Å². The number of amidine groups is 1. The lowest BCUT2D eigenvalue weighted by molar-refractivity contribution is -0.137. The van der Waals surface area contributed by atoms with Crippen LogP contribution in [0, 0.1) is 12.7 Å². The minimum absolute atomic E-state index is 0.0797. The number of aromatic nitrogens is 2. The summed E-state index contributed by atoms with van der Waals surface area (Å²) in [6, 6.07) is 21.2. The van der Waals surface area contributed by atoms with Gasteiger partial charge >= 0.3 is 6.18 Å². The first-order chi connectivity index (χ1) is 20.8. The molecule has 2 aliphatic heterocycles. The summed E-state index contributed by atoms with van der Waals surface area (Å²) in [5.41, 5.74) is 0.652. The fraction of sp³-hybridized carbons (Fsp3) is 0.290. The zero-order valence-corrected chi connectivity index (χ0v) is 24.3. The van der Waals surface area contributed by atoms with E-state index < -0.39 is 24.9 Å². The number of fused-ring (bicyclic) bond motifs is 1. The van der Waals surface area contributed by atoms with Gasteiger partial charge in [0.15, 0.2) is 13.2 Å². The predicted molar refractivity (Wildman–Crippen MR) is 158 cm³/mol. The molecule has 0 spiro atoms. The van der Waals surface area contributed by atoms with Crippen molar-refractivity contribution in [3.05, 3.63) is 102 Å². The predicted octanol–water partition coefficient (Wildman–Crippen LogP) is 7.22. The molecule has 1 atom stereocenters. The van der Waals surface area contributed by atoms with Crippen molar-refractivity contribution >= 4 is 30.0 Å². The molecule has 222 valence electrons. The second kappa shape index (κ2) is 10.7. The topological polar surface area (TPSA) is 58.3 Å². The molecule has 0 N–H and O–H groups in total. The van der Waals surface area contributed by atoms with E-state index in [1.54, 1.807) is 28.9 Å². The van der Waals surface area contributed by atoms with Crippen molar-refractivity contribution in [2.75, 3.05) is 26.3 Å². The zero-order chi connectivity index (χ0) is 29.8. The third kappa shape index (κ3) is 4.80. The van der Waals surface area contributed by atoms with Gasteiger partial charge < -0.3 is 9.41 Å². The van der Waals surface area contributed by atoms with Crippen LogP contribution in [0.4, 0.5) is 29.1 Å². The number of hydrogen-bond acceptors (Lipinski definition) is 4. The van der Waals surface area contributed by atoms with Crippen molar-refractivity contribution in [2.24, 2.45) is 9.74 Å². The molecule has 7 nitrogen and oxygen atoms in total. The standard InChI is InChI=1S/C31H29F4N6OP/c1-21-28-30(40(37-21)22-9-3-2-4-10-22)36-29(24-11-5-7-13-26(24)32)41(23-15-16-23)43(28,39-17-19-42-20-18-39)38-27-14-8-6-12-25(27)31(33,34)35/h2-14,23H,15-20H2,1H3/t43-/m1/s1. The first-order valence-corrected chi connectivity index (χ1v) is 15.8. The minimum atomic E-state index is -4.62. The fourth-order valence-corrected chi connectivity index (χ4v) is 10.2. The maximum Gasteiger partial charge on any atom is 0.418 e. The van der Waals surface area contributed by atoms with Gasteiger partial charge in [-0.3, -0.25) is 0 Å². The molecule has 0 radical (unpaired) electrons. The van der Waals surface area contributed by atoms with Gasteiger partial charge in [-0.25, -0.2) is 23.5 Å². The van der Waals surface area contributed by atoms with Crippen molar-refractivity contribution in [1.29, 1.82) is 0 Å². The van der Waals surface area contributed by atoms with Crippen LogP contribution in [0.1, 0.15) is 29.7 Å². The number of rotatable bonds is 5. The molecule has 1 saturated heterocycles. The summed E-state index contributed by atoms with van der Waals surface area (Å²) in [5, 5.41) is 5.59. The van der Waals surface area contributed by atoms with Crippen molar-refractivity contribution in [3.8, 4) is 5.69 Å². The van der Waals surface area contributed by atoms with Crippen molar-refractivity contribution in [1.82, 2.24) is 19.1 Å². The number of benzene rings is 3. The summed E-state index contributed by atoms with van der Waals surface area (Å²) in [6.07, 6.45) is -3.04. The van der Waals surface area contributed by atoms with Gasteiger partial charge in [0.05, 0.1) is 46.7 Å². The van der Waals surface area contributed by atoms with E-state index >= 15 is 4.39 Å². The lowest BCUT2D eigenvalue weighted by Gasteiger charge is -2.48. The van der Waals surface area contributed by atoms with Gasteiger partial charge in [-0.1, -0.05) is 42.5 Å². The first-order valence-electron chi connectivity index (χ1n) is 14.2. The van der Waals surface area contributed by atoms with Crippen molar-refractivity contribution in [2.45, 2.75) is 32.0 Å². The van der Waals surface area contributed by atoms with Crippen LogP contribution in [0.2, 0.25) is 0 Å². The van der Waals surface area contributed by atoms with Crippen LogP contribution >= 0.6 is 7.36 Å². The zero-order valence-electron chi connectivity index (χ0n) is 23.4. The lowest BCUT2D eigenvalue weighted by Crippen LogP contribution is -2.48. The molecular formula is C31H29F4N6OP. The average Bonchev–Trinajstić information content (AvgIpc) is 3.79. The second-order valence-corrected chi connectivity index (χ2v) is 13.5. The van der Waals surface area contributed by atoms with Crippen LogP contribution in [0.15, 0.2) is 88.6 Å². The molecule has 4 aromatic rings. The molecule has 1 aromatic heterocycles. The van der Waals surface area contributed by atoms with Gasteiger partial charge in [0.2, 0.25) is 0 Å². The van der Waals surface area contributed by atoms with E-state index in [0.29, 0.717) is 49.0 Å². The number of ether oxygens (including phenoxy) is 1. The Balaban J connectivity index is 1.63. The highest BCUT2D eigenvalue weighted by molar-refractivity contribution is 7.70. The highest BCUT2D eigenvalue weighted by Gasteiger charge is 2.52. The molecule has 3 aromatic carbocycles. The summed E-state index contributed by atoms with van der Waals surface area (Å²) in [7, 11) is -3.33. The van der Waals surface area contributed by atoms with Crippen LogP contribution < -0.4 is 5.30 Å². The Hall–Kier alpha value is -3.79. The van der Waals surface area contributed by atoms with E-state index in [0.717, 1.165) is 24.6 Å². The molecule has 12 heteroatoms. The Labute approximate surface area is 246 Å². The summed E-state index contributed by atoms with van der Waals surface area (Å²) >= 11 is 0. The maximum absolute atomic E-state index is 15.6. The van der Waals surface area contributed by atoms with Gasteiger partial charge in [-0.05, 0) is 56.2 Å². The quantitative estimate of drug-likeness (QED) is 0.178. The SMILES string of the molecule is Cc1nn(-c2ccccc2)c2c1[P@@](=Nc1ccccc1C(F)(F)F)(N1CCOCC1)N(C1CC1)C(c1ccccc1F)=N2. The molecule has 3 aliphatic rings. The Kier molecular flexibility index (Phi) is 6.99. The highest BCUT2D eigenvalue weighted by Crippen LogP contribution is 2.66. The number of aliphatic imine (C=N–C) groups is 1. The molecule has 0 amide bonds. The maximum atomic E-state index is 15.6. The number of halogens is 4. The minimum Gasteiger partial charge on any atom is -0.379 e. The van der Waals surface area contributed by atoms with Crippen LogP contribution in [0.25, 0.3) is 5.69 Å². The third-order valence-corrected chi connectivity index (χ3v) is 11.8. The molecule has 43 heavy (non-hydrogen) atoms. The van der Waals surface area contributed by atoms with E-state index in [2.05, 4.69) is 9.34 Å². The molecule has 7 rings (SSSR count). The number of aryl methyl sites for hydroxylation is 1. The summed E-state index contributed by atoms with van der Waals surface area (Å²) in [5.74, 6) is 0.346.